The molecule has 0 spiro atoms. The van der Waals surface area contributed by atoms with E-state index in [-0.39, 0.29) is 0 Å². The molecule has 0 amide bonds. The maximum absolute atomic E-state index is 5.00. The van der Waals surface area contributed by atoms with Crippen LogP contribution in [0.15, 0.2) is 42.5 Å². The van der Waals surface area contributed by atoms with Crippen molar-refractivity contribution in [1.29, 1.82) is 0 Å². The fourth-order valence-electron chi connectivity index (χ4n) is 1.62. The molecule has 0 bridgehead atoms. The lowest BCUT2D eigenvalue weighted by molar-refractivity contribution is 0.199. The van der Waals surface area contributed by atoms with E-state index in [4.69, 9.17) is 4.74 Å². The van der Waals surface area contributed by atoms with Gasteiger partial charge in [-0.05, 0) is 17.7 Å². The molecule has 1 aromatic heterocycles. The fourth-order valence-corrected chi connectivity index (χ4v) is 2.60. The lowest BCUT2D eigenvalue weighted by Gasteiger charge is -2.01. The molecule has 0 fully saturated rings. The summed E-state index contributed by atoms with van der Waals surface area (Å²) >= 11 is 1.84. The monoisotopic (exact) mass is 247 g/mol. The van der Waals surface area contributed by atoms with Crippen LogP contribution in [0.3, 0.4) is 0 Å². The summed E-state index contributed by atoms with van der Waals surface area (Å²) in [5.41, 5.74) is 1.29. The second-order valence-electron chi connectivity index (χ2n) is 3.80. The molecule has 1 aromatic carbocycles. The molecule has 0 saturated carbocycles. The highest BCUT2D eigenvalue weighted by molar-refractivity contribution is 7.15. The molecule has 0 atom stereocenters. The van der Waals surface area contributed by atoms with Gasteiger partial charge in [0.15, 0.2) is 0 Å². The second-order valence-corrected chi connectivity index (χ2v) is 4.97. The number of benzene rings is 1. The zero-order chi connectivity index (χ0) is 11.9. The second kappa shape index (κ2) is 6.55. The van der Waals surface area contributed by atoms with Crippen molar-refractivity contribution in [1.82, 2.24) is 5.32 Å². The molecule has 17 heavy (non-hydrogen) atoms. The number of rotatable bonds is 6. The smallest absolute Gasteiger partial charge is 0.0587 e. The summed E-state index contributed by atoms with van der Waals surface area (Å²) in [6, 6.07) is 14.9. The first-order valence-electron chi connectivity index (χ1n) is 5.74. The molecule has 3 heteroatoms. The van der Waals surface area contributed by atoms with Crippen molar-refractivity contribution >= 4 is 11.3 Å². The van der Waals surface area contributed by atoms with Gasteiger partial charge in [-0.25, -0.2) is 0 Å². The van der Waals surface area contributed by atoms with Gasteiger partial charge in [-0.15, -0.1) is 11.3 Å². The molecular weight excluding hydrogens is 230 g/mol. The number of hydrogen-bond donors (Lipinski definition) is 1. The maximum atomic E-state index is 5.00. The van der Waals surface area contributed by atoms with Gasteiger partial charge in [0.25, 0.3) is 0 Å². The molecule has 0 saturated heterocycles. The highest BCUT2D eigenvalue weighted by atomic mass is 32.1. The van der Waals surface area contributed by atoms with Gasteiger partial charge in [-0.2, -0.15) is 0 Å². The molecule has 2 nitrogen and oxygen atoms in total. The number of thiophene rings is 1. The van der Waals surface area contributed by atoms with E-state index in [2.05, 4.69) is 41.7 Å². The Bertz CT molecular complexity index is 438. The van der Waals surface area contributed by atoms with Crippen LogP contribution >= 0.6 is 11.3 Å². The van der Waals surface area contributed by atoms with Gasteiger partial charge in [0.2, 0.25) is 0 Å². The minimum absolute atomic E-state index is 0.761. The minimum atomic E-state index is 0.761. The predicted molar refractivity (Wildman–Crippen MR) is 73.3 cm³/mol. The summed E-state index contributed by atoms with van der Waals surface area (Å²) < 4.78 is 5.00. The van der Waals surface area contributed by atoms with E-state index in [0.29, 0.717) is 0 Å². The molecule has 2 aromatic rings. The largest absolute Gasteiger partial charge is 0.383 e. The van der Waals surface area contributed by atoms with Gasteiger partial charge in [-0.1, -0.05) is 30.3 Å². The lowest BCUT2D eigenvalue weighted by atomic mass is 10.2. The van der Waals surface area contributed by atoms with Crippen LogP contribution in [0.25, 0.3) is 10.4 Å². The Morgan fingerprint density at radius 1 is 1.12 bits per heavy atom. The molecule has 1 heterocycles. The van der Waals surface area contributed by atoms with Crippen LogP contribution in [0.1, 0.15) is 4.88 Å². The van der Waals surface area contributed by atoms with Crippen LogP contribution in [-0.2, 0) is 11.3 Å². The summed E-state index contributed by atoms with van der Waals surface area (Å²) in [5.74, 6) is 0. The Balaban J connectivity index is 1.92. The SMILES string of the molecule is COCCNCc1ccc(-c2ccccc2)s1. The minimum Gasteiger partial charge on any atom is -0.383 e. The van der Waals surface area contributed by atoms with Crippen LogP contribution < -0.4 is 5.32 Å². The average Bonchev–Trinajstić information content (AvgIpc) is 2.85. The molecule has 0 aliphatic heterocycles. The summed E-state index contributed by atoms with van der Waals surface area (Å²) in [7, 11) is 1.72. The zero-order valence-electron chi connectivity index (χ0n) is 9.98. The van der Waals surface area contributed by atoms with Gasteiger partial charge >= 0.3 is 0 Å². The molecule has 0 unspecified atom stereocenters. The summed E-state index contributed by atoms with van der Waals surface area (Å²) in [5, 5.41) is 3.35. The number of nitrogens with one attached hydrogen (secondary N) is 1. The third-order valence-electron chi connectivity index (χ3n) is 2.50. The Morgan fingerprint density at radius 2 is 1.94 bits per heavy atom. The lowest BCUT2D eigenvalue weighted by Crippen LogP contribution is -2.17. The van der Waals surface area contributed by atoms with Gasteiger partial charge < -0.3 is 10.1 Å². The molecule has 0 aliphatic rings. The van der Waals surface area contributed by atoms with Crippen LogP contribution in [0.2, 0.25) is 0 Å². The van der Waals surface area contributed by atoms with Crippen molar-refractivity contribution in [2.45, 2.75) is 6.54 Å². The van der Waals surface area contributed by atoms with Gasteiger partial charge in [0.1, 0.15) is 0 Å². The predicted octanol–water partition coefficient (Wildman–Crippen LogP) is 3.15. The van der Waals surface area contributed by atoms with E-state index in [1.54, 1.807) is 7.11 Å². The first-order valence-corrected chi connectivity index (χ1v) is 6.55. The van der Waals surface area contributed by atoms with Crippen molar-refractivity contribution in [3.8, 4) is 10.4 Å². The Labute approximate surface area is 106 Å². The maximum Gasteiger partial charge on any atom is 0.0587 e. The van der Waals surface area contributed by atoms with Crippen LogP contribution in [-0.4, -0.2) is 20.3 Å². The number of ether oxygens (including phenoxy) is 1. The van der Waals surface area contributed by atoms with Gasteiger partial charge in [0.05, 0.1) is 6.61 Å². The van der Waals surface area contributed by atoms with Crippen LogP contribution in [0.5, 0.6) is 0 Å². The normalized spacial score (nSPS) is 10.6. The standard InChI is InChI=1S/C14H17NOS/c1-16-10-9-15-11-13-7-8-14(17-13)12-5-3-2-4-6-12/h2-8,15H,9-11H2,1H3. The fraction of sp³-hybridized carbons (Fsp3) is 0.286. The van der Waals surface area contributed by atoms with Crippen molar-refractivity contribution < 1.29 is 4.74 Å². The Morgan fingerprint density at radius 3 is 2.71 bits per heavy atom. The van der Waals surface area contributed by atoms with Gasteiger partial charge in [-0.3, -0.25) is 0 Å². The van der Waals surface area contributed by atoms with Crippen molar-refractivity contribution in [2.24, 2.45) is 0 Å². The highest BCUT2D eigenvalue weighted by Gasteiger charge is 2.01. The quantitative estimate of drug-likeness (QED) is 0.792. The molecule has 2 rings (SSSR count). The van der Waals surface area contributed by atoms with E-state index < -0.39 is 0 Å². The first kappa shape index (κ1) is 12.3. The van der Waals surface area contributed by atoms with Crippen molar-refractivity contribution in [3.63, 3.8) is 0 Å². The van der Waals surface area contributed by atoms with E-state index in [0.717, 1.165) is 19.7 Å². The molecule has 90 valence electrons. The number of hydrogen-bond acceptors (Lipinski definition) is 3. The summed E-state index contributed by atoms with van der Waals surface area (Å²) in [4.78, 5) is 2.69. The van der Waals surface area contributed by atoms with Crippen LogP contribution in [0.4, 0.5) is 0 Å². The van der Waals surface area contributed by atoms with Crippen molar-refractivity contribution in [2.75, 3.05) is 20.3 Å². The summed E-state index contributed by atoms with van der Waals surface area (Å²) in [6.07, 6.45) is 0. The van der Waals surface area contributed by atoms with E-state index >= 15 is 0 Å². The van der Waals surface area contributed by atoms with E-state index in [1.165, 1.54) is 15.3 Å². The third kappa shape index (κ3) is 3.66. The van der Waals surface area contributed by atoms with E-state index in [1.807, 2.05) is 17.4 Å². The third-order valence-corrected chi connectivity index (χ3v) is 3.64. The van der Waals surface area contributed by atoms with Crippen molar-refractivity contribution in [3.05, 3.63) is 47.3 Å². The molecule has 1 N–H and O–H groups in total. The molecule has 0 radical (unpaired) electrons. The topological polar surface area (TPSA) is 21.3 Å². The zero-order valence-corrected chi connectivity index (χ0v) is 10.8. The molecular formula is C14H17NOS. The average molecular weight is 247 g/mol. The van der Waals surface area contributed by atoms with Gasteiger partial charge in [0, 0.05) is 30.0 Å². The Hall–Kier alpha value is -1.16. The summed E-state index contributed by atoms with van der Waals surface area (Å²) in [6.45, 7) is 2.58. The first-order chi connectivity index (χ1) is 8.40. The highest BCUT2D eigenvalue weighted by Crippen LogP contribution is 2.27. The Kier molecular flexibility index (Phi) is 4.74. The van der Waals surface area contributed by atoms with Crippen LogP contribution in [0, 0.1) is 0 Å². The molecule has 0 aliphatic carbocycles. The van der Waals surface area contributed by atoms with E-state index in [9.17, 15) is 0 Å². The number of methoxy groups -OCH3 is 1.